The summed E-state index contributed by atoms with van der Waals surface area (Å²) in [7, 11) is 1.87. The van der Waals surface area contributed by atoms with Gasteiger partial charge in [0.2, 0.25) is 5.95 Å². The number of aromatic nitrogens is 6. The quantitative estimate of drug-likeness (QED) is 0.402. The van der Waals surface area contributed by atoms with Crippen LogP contribution in [-0.4, -0.2) is 29.3 Å². The van der Waals surface area contributed by atoms with Gasteiger partial charge in [-0.2, -0.15) is 4.98 Å². The van der Waals surface area contributed by atoms with Crippen molar-refractivity contribution >= 4 is 22.4 Å². The number of anilines is 2. The Morgan fingerprint density at radius 1 is 1.09 bits per heavy atom. The van der Waals surface area contributed by atoms with E-state index in [1.165, 1.54) is 18.5 Å². The Hall–Kier alpha value is -4.20. The minimum atomic E-state index is -0.0913. The van der Waals surface area contributed by atoms with Gasteiger partial charge in [-0.25, -0.2) is 9.67 Å². The van der Waals surface area contributed by atoms with Crippen LogP contribution in [0.1, 0.15) is 35.6 Å². The molecule has 2 N–H and O–H groups in total. The summed E-state index contributed by atoms with van der Waals surface area (Å²) in [6, 6.07) is 11.9. The normalized spacial score (nSPS) is 13.5. The van der Waals surface area contributed by atoms with Crippen LogP contribution in [0, 0.1) is 13.8 Å². The molecule has 2 aromatic carbocycles. The maximum atomic E-state index is 12.1. The first-order valence-electron chi connectivity index (χ1n) is 11.4. The Morgan fingerprint density at radius 3 is 2.74 bits per heavy atom. The molecule has 1 fully saturated rings. The number of benzene rings is 2. The van der Waals surface area contributed by atoms with Gasteiger partial charge < -0.3 is 14.9 Å². The molecule has 34 heavy (non-hydrogen) atoms. The highest BCUT2D eigenvalue weighted by atomic mass is 16.1. The monoisotopic (exact) mass is 451 g/mol. The van der Waals surface area contributed by atoms with E-state index >= 15 is 0 Å². The number of aryl methyl sites for hydroxylation is 3. The molecule has 3 heterocycles. The van der Waals surface area contributed by atoms with Crippen molar-refractivity contribution < 1.29 is 0 Å². The number of nitrogens with one attached hydrogen (secondary N) is 2. The summed E-state index contributed by atoms with van der Waals surface area (Å²) < 4.78 is 3.83. The van der Waals surface area contributed by atoms with Gasteiger partial charge in [0.1, 0.15) is 0 Å². The number of hydrogen-bond donors (Lipinski definition) is 2. The lowest BCUT2D eigenvalue weighted by Gasteiger charge is -2.10. The van der Waals surface area contributed by atoms with Gasteiger partial charge in [0.15, 0.2) is 5.82 Å². The Labute approximate surface area is 196 Å². The van der Waals surface area contributed by atoms with Gasteiger partial charge in [0.25, 0.3) is 5.56 Å². The van der Waals surface area contributed by atoms with Gasteiger partial charge in [0, 0.05) is 47.7 Å². The second kappa shape index (κ2) is 7.69. The van der Waals surface area contributed by atoms with Crippen LogP contribution in [0.5, 0.6) is 0 Å². The van der Waals surface area contributed by atoms with Crippen molar-refractivity contribution in [2.24, 2.45) is 7.05 Å². The van der Waals surface area contributed by atoms with Crippen LogP contribution in [0.4, 0.5) is 11.6 Å². The molecule has 0 saturated heterocycles. The SMILES string of the molecule is Cc1cc(-c2nc(Nc3ccc4c(=O)[nH]ccc4c3C)n(C)n2)ccc1-n1cnc(C2CC2)c1. The Kier molecular flexibility index (Phi) is 4.62. The summed E-state index contributed by atoms with van der Waals surface area (Å²) in [6.07, 6.45) is 8.20. The fraction of sp³-hybridized carbons (Fsp3) is 0.231. The summed E-state index contributed by atoms with van der Waals surface area (Å²) in [6.45, 7) is 4.09. The fourth-order valence-electron chi connectivity index (χ4n) is 4.44. The number of H-pyrrole nitrogens is 1. The summed E-state index contributed by atoms with van der Waals surface area (Å²) in [5, 5.41) is 9.59. The van der Waals surface area contributed by atoms with E-state index in [1.807, 2.05) is 44.6 Å². The van der Waals surface area contributed by atoms with Crippen LogP contribution in [0.15, 0.2) is 59.9 Å². The fourth-order valence-corrected chi connectivity index (χ4v) is 4.44. The standard InChI is InChI=1S/C26H25N7O/c1-15-12-18(6-9-23(15)33-13-22(28-14-33)17-4-5-17)24-30-26(32(3)31-24)29-21-8-7-20-19(16(21)2)10-11-27-25(20)34/h6-14,17H,4-5H2,1-3H3,(H,27,34)(H,29,30,31). The second-order valence-electron chi connectivity index (χ2n) is 9.00. The molecular weight excluding hydrogens is 426 g/mol. The van der Waals surface area contributed by atoms with E-state index in [1.54, 1.807) is 10.9 Å². The zero-order chi connectivity index (χ0) is 23.4. The van der Waals surface area contributed by atoms with Crippen molar-refractivity contribution in [3.63, 3.8) is 0 Å². The van der Waals surface area contributed by atoms with Gasteiger partial charge in [-0.05, 0) is 79.6 Å². The Bertz CT molecular complexity index is 1600. The van der Waals surface area contributed by atoms with E-state index in [2.05, 4.69) is 50.2 Å². The maximum Gasteiger partial charge on any atom is 0.255 e. The molecule has 8 heteroatoms. The third-order valence-corrected chi connectivity index (χ3v) is 6.56. The highest BCUT2D eigenvalue weighted by Crippen LogP contribution is 2.39. The lowest BCUT2D eigenvalue weighted by atomic mass is 10.1. The third kappa shape index (κ3) is 3.48. The lowest BCUT2D eigenvalue weighted by molar-refractivity contribution is 0.778. The molecule has 3 aromatic heterocycles. The van der Waals surface area contributed by atoms with Crippen molar-refractivity contribution in [1.29, 1.82) is 0 Å². The number of rotatable bonds is 5. The topological polar surface area (TPSA) is 93.4 Å². The van der Waals surface area contributed by atoms with Crippen LogP contribution < -0.4 is 10.9 Å². The van der Waals surface area contributed by atoms with Crippen molar-refractivity contribution in [2.45, 2.75) is 32.6 Å². The Balaban J connectivity index is 1.29. The predicted molar refractivity (Wildman–Crippen MR) is 133 cm³/mol. The molecule has 0 bridgehead atoms. The minimum absolute atomic E-state index is 0.0913. The number of fused-ring (bicyclic) bond motifs is 1. The van der Waals surface area contributed by atoms with Crippen molar-refractivity contribution in [1.82, 2.24) is 29.3 Å². The van der Waals surface area contributed by atoms with Crippen molar-refractivity contribution in [2.75, 3.05) is 5.32 Å². The summed E-state index contributed by atoms with van der Waals surface area (Å²) >= 11 is 0. The van der Waals surface area contributed by atoms with Gasteiger partial charge in [-0.3, -0.25) is 4.79 Å². The van der Waals surface area contributed by atoms with Gasteiger partial charge in [-0.1, -0.05) is 0 Å². The van der Waals surface area contributed by atoms with E-state index < -0.39 is 0 Å². The molecule has 6 rings (SSSR count). The highest BCUT2D eigenvalue weighted by Gasteiger charge is 2.26. The van der Waals surface area contributed by atoms with E-state index in [4.69, 9.17) is 4.98 Å². The highest BCUT2D eigenvalue weighted by molar-refractivity contribution is 5.89. The molecular formula is C26H25N7O. The minimum Gasteiger partial charge on any atom is -0.329 e. The van der Waals surface area contributed by atoms with Crippen molar-refractivity contribution in [3.8, 4) is 17.1 Å². The first kappa shape index (κ1) is 20.4. The first-order valence-corrected chi connectivity index (χ1v) is 11.4. The van der Waals surface area contributed by atoms with Crippen molar-refractivity contribution in [3.05, 3.63) is 82.3 Å². The average molecular weight is 452 g/mol. The van der Waals surface area contributed by atoms with Gasteiger partial charge >= 0.3 is 0 Å². The Morgan fingerprint density at radius 2 is 1.94 bits per heavy atom. The molecule has 1 aliphatic rings. The number of hydrogen-bond acceptors (Lipinski definition) is 5. The molecule has 0 spiro atoms. The molecule has 0 radical (unpaired) electrons. The van der Waals surface area contributed by atoms with Crippen LogP contribution >= 0.6 is 0 Å². The molecule has 0 unspecified atom stereocenters. The first-order chi connectivity index (χ1) is 16.5. The smallest absolute Gasteiger partial charge is 0.255 e. The molecule has 0 aliphatic heterocycles. The average Bonchev–Trinajstić information content (AvgIpc) is 3.45. The number of nitrogens with zero attached hydrogens (tertiary/aromatic N) is 5. The molecule has 0 amide bonds. The number of imidazole rings is 1. The molecule has 8 nitrogen and oxygen atoms in total. The van der Waals surface area contributed by atoms with E-state index in [-0.39, 0.29) is 5.56 Å². The predicted octanol–water partition coefficient (Wildman–Crippen LogP) is 4.75. The molecule has 1 aliphatic carbocycles. The maximum absolute atomic E-state index is 12.1. The molecule has 0 atom stereocenters. The summed E-state index contributed by atoms with van der Waals surface area (Å²) in [5.41, 5.74) is 6.16. The third-order valence-electron chi connectivity index (χ3n) is 6.56. The summed E-state index contributed by atoms with van der Waals surface area (Å²) in [4.78, 5) is 24.1. The van der Waals surface area contributed by atoms with Crippen LogP contribution in [0.25, 0.3) is 27.8 Å². The summed E-state index contributed by atoms with van der Waals surface area (Å²) in [5.74, 6) is 1.92. The van der Waals surface area contributed by atoms with E-state index in [0.717, 1.165) is 33.5 Å². The van der Waals surface area contributed by atoms with Gasteiger partial charge in [-0.15, -0.1) is 5.10 Å². The van der Waals surface area contributed by atoms with E-state index in [9.17, 15) is 4.79 Å². The van der Waals surface area contributed by atoms with Crippen LogP contribution in [0.2, 0.25) is 0 Å². The van der Waals surface area contributed by atoms with Crippen LogP contribution in [0.3, 0.4) is 0 Å². The zero-order valence-corrected chi connectivity index (χ0v) is 19.3. The molecule has 1 saturated carbocycles. The number of aromatic amines is 1. The molecule has 170 valence electrons. The van der Waals surface area contributed by atoms with E-state index in [0.29, 0.717) is 23.1 Å². The largest absolute Gasteiger partial charge is 0.329 e. The second-order valence-corrected chi connectivity index (χ2v) is 9.00. The van der Waals surface area contributed by atoms with Gasteiger partial charge in [0.05, 0.1) is 12.0 Å². The zero-order valence-electron chi connectivity index (χ0n) is 19.3. The molecule has 5 aromatic rings. The van der Waals surface area contributed by atoms with Crippen LogP contribution in [-0.2, 0) is 7.05 Å². The lowest BCUT2D eigenvalue weighted by Crippen LogP contribution is -2.06. The number of pyridine rings is 1.